The zero-order valence-corrected chi connectivity index (χ0v) is 9.92. The summed E-state index contributed by atoms with van der Waals surface area (Å²) >= 11 is 0. The van der Waals surface area contributed by atoms with Crippen molar-refractivity contribution in [2.75, 3.05) is 13.2 Å². The number of ether oxygens (including phenoxy) is 2. The van der Waals surface area contributed by atoms with Crippen LogP contribution in [0.15, 0.2) is 24.4 Å². The van der Waals surface area contributed by atoms with Gasteiger partial charge < -0.3 is 9.47 Å². The molecule has 2 aromatic rings. The van der Waals surface area contributed by atoms with Gasteiger partial charge in [-0.2, -0.15) is 5.10 Å². The Morgan fingerprint density at radius 2 is 2.06 bits per heavy atom. The molecule has 0 amide bonds. The quantitative estimate of drug-likeness (QED) is 0.754. The number of fused-ring (bicyclic) bond motifs is 1. The van der Waals surface area contributed by atoms with Crippen LogP contribution in [0.2, 0.25) is 0 Å². The number of hydrogen-bond acceptors (Lipinski definition) is 4. The Kier molecular flexibility index (Phi) is 2.51. The monoisotopic (exact) mass is 244 g/mol. The van der Waals surface area contributed by atoms with E-state index < -0.39 is 0 Å². The fourth-order valence-electron chi connectivity index (χ4n) is 2.08. The summed E-state index contributed by atoms with van der Waals surface area (Å²) in [5.74, 6) is 1.44. The molecule has 3 rings (SSSR count). The molecule has 0 spiro atoms. The number of benzene rings is 1. The number of rotatable bonds is 2. The highest BCUT2D eigenvalue weighted by molar-refractivity contribution is 5.86. The second-order valence-corrected chi connectivity index (χ2v) is 4.05. The van der Waals surface area contributed by atoms with E-state index in [0.717, 1.165) is 23.3 Å². The van der Waals surface area contributed by atoms with Crippen molar-refractivity contribution in [3.63, 3.8) is 0 Å². The third kappa shape index (κ3) is 1.64. The second-order valence-electron chi connectivity index (χ2n) is 4.05. The van der Waals surface area contributed by atoms with Crippen molar-refractivity contribution in [3.8, 4) is 22.8 Å². The lowest BCUT2D eigenvalue weighted by atomic mass is 10.1. The van der Waals surface area contributed by atoms with Gasteiger partial charge in [-0.15, -0.1) is 0 Å². The minimum absolute atomic E-state index is 0.544. The molecule has 0 fully saturated rings. The number of carbonyl (C=O) groups is 1. The van der Waals surface area contributed by atoms with E-state index in [0.29, 0.717) is 24.5 Å². The molecular formula is C13H12N2O3. The highest BCUT2D eigenvalue weighted by Crippen LogP contribution is 2.35. The maximum absolute atomic E-state index is 11.0. The molecule has 1 aliphatic rings. The van der Waals surface area contributed by atoms with Crippen LogP contribution in [0.1, 0.15) is 10.4 Å². The van der Waals surface area contributed by atoms with Crippen LogP contribution in [-0.2, 0) is 7.05 Å². The smallest absolute Gasteiger partial charge is 0.162 e. The van der Waals surface area contributed by atoms with Crippen molar-refractivity contribution in [3.05, 3.63) is 30.0 Å². The number of hydrogen-bond donors (Lipinski definition) is 0. The second kappa shape index (κ2) is 4.18. The summed E-state index contributed by atoms with van der Waals surface area (Å²) in [7, 11) is 1.80. The molecule has 92 valence electrons. The first-order chi connectivity index (χ1) is 8.79. The summed E-state index contributed by atoms with van der Waals surface area (Å²) in [5, 5.41) is 4.09. The maximum Gasteiger partial charge on any atom is 0.162 e. The summed E-state index contributed by atoms with van der Waals surface area (Å²) < 4.78 is 12.7. The average Bonchev–Trinajstić information content (AvgIpc) is 2.79. The van der Waals surface area contributed by atoms with E-state index in [4.69, 9.17) is 9.47 Å². The van der Waals surface area contributed by atoms with Gasteiger partial charge in [0.15, 0.2) is 17.8 Å². The Hall–Kier alpha value is -2.30. The molecule has 0 atom stereocenters. The number of aromatic nitrogens is 2. The van der Waals surface area contributed by atoms with Gasteiger partial charge in [0.2, 0.25) is 0 Å². The van der Waals surface area contributed by atoms with Crippen molar-refractivity contribution < 1.29 is 14.3 Å². The topological polar surface area (TPSA) is 53.4 Å². The SMILES string of the molecule is Cn1ncc(C=O)c1-c1ccc2c(c1)OCCO2. The third-order valence-corrected chi connectivity index (χ3v) is 2.91. The molecule has 0 unspecified atom stereocenters. The molecule has 0 saturated carbocycles. The van der Waals surface area contributed by atoms with Crippen LogP contribution in [0.4, 0.5) is 0 Å². The number of carbonyl (C=O) groups excluding carboxylic acids is 1. The van der Waals surface area contributed by atoms with E-state index in [1.54, 1.807) is 17.9 Å². The molecule has 0 radical (unpaired) electrons. The van der Waals surface area contributed by atoms with Crippen LogP contribution in [0.3, 0.4) is 0 Å². The van der Waals surface area contributed by atoms with E-state index in [9.17, 15) is 4.79 Å². The molecule has 1 aromatic heterocycles. The van der Waals surface area contributed by atoms with E-state index in [1.807, 2.05) is 18.2 Å². The highest BCUT2D eigenvalue weighted by atomic mass is 16.6. The maximum atomic E-state index is 11.0. The molecule has 5 heteroatoms. The molecule has 0 N–H and O–H groups in total. The van der Waals surface area contributed by atoms with Gasteiger partial charge in [0.05, 0.1) is 17.5 Å². The largest absolute Gasteiger partial charge is 0.486 e. The predicted octanol–water partition coefficient (Wildman–Crippen LogP) is 1.67. The summed E-state index contributed by atoms with van der Waals surface area (Å²) in [5.41, 5.74) is 2.23. The van der Waals surface area contributed by atoms with Gasteiger partial charge in [-0.1, -0.05) is 0 Å². The van der Waals surface area contributed by atoms with E-state index in [-0.39, 0.29) is 0 Å². The van der Waals surface area contributed by atoms with Gasteiger partial charge in [-0.3, -0.25) is 9.48 Å². The summed E-state index contributed by atoms with van der Waals surface area (Å²) in [6, 6.07) is 5.63. The molecular weight excluding hydrogens is 232 g/mol. The first kappa shape index (κ1) is 10.8. The lowest BCUT2D eigenvalue weighted by Crippen LogP contribution is -2.15. The fourth-order valence-corrected chi connectivity index (χ4v) is 2.08. The minimum Gasteiger partial charge on any atom is -0.486 e. The zero-order valence-electron chi connectivity index (χ0n) is 9.92. The van der Waals surface area contributed by atoms with Gasteiger partial charge in [0.1, 0.15) is 13.2 Å². The third-order valence-electron chi connectivity index (χ3n) is 2.91. The van der Waals surface area contributed by atoms with E-state index in [2.05, 4.69) is 5.10 Å². The van der Waals surface area contributed by atoms with Crippen LogP contribution in [0.25, 0.3) is 11.3 Å². The highest BCUT2D eigenvalue weighted by Gasteiger charge is 2.16. The van der Waals surface area contributed by atoms with Crippen LogP contribution in [0, 0.1) is 0 Å². The molecule has 0 bridgehead atoms. The van der Waals surface area contributed by atoms with Crippen molar-refractivity contribution in [2.24, 2.45) is 7.05 Å². The van der Waals surface area contributed by atoms with Crippen LogP contribution < -0.4 is 9.47 Å². The van der Waals surface area contributed by atoms with Gasteiger partial charge in [0, 0.05) is 12.6 Å². The average molecular weight is 244 g/mol. The lowest BCUT2D eigenvalue weighted by molar-refractivity contribution is 0.112. The van der Waals surface area contributed by atoms with Gasteiger partial charge in [0.25, 0.3) is 0 Å². The van der Waals surface area contributed by atoms with E-state index in [1.165, 1.54) is 0 Å². The molecule has 0 saturated heterocycles. The van der Waals surface area contributed by atoms with Crippen LogP contribution in [0.5, 0.6) is 11.5 Å². The number of nitrogens with zero attached hydrogens (tertiary/aromatic N) is 2. The first-order valence-electron chi connectivity index (χ1n) is 5.67. The van der Waals surface area contributed by atoms with Gasteiger partial charge in [-0.25, -0.2) is 0 Å². The summed E-state index contributed by atoms with van der Waals surface area (Å²) in [6.45, 7) is 1.11. The Morgan fingerprint density at radius 3 is 2.83 bits per heavy atom. The summed E-state index contributed by atoms with van der Waals surface area (Å²) in [4.78, 5) is 11.0. The molecule has 18 heavy (non-hydrogen) atoms. The zero-order chi connectivity index (χ0) is 12.5. The minimum atomic E-state index is 0.544. The van der Waals surface area contributed by atoms with Crippen molar-refractivity contribution in [2.45, 2.75) is 0 Å². The van der Waals surface area contributed by atoms with Crippen LogP contribution in [-0.4, -0.2) is 29.3 Å². The Labute approximate surface area is 104 Å². The van der Waals surface area contributed by atoms with Crippen molar-refractivity contribution in [1.82, 2.24) is 9.78 Å². The lowest BCUT2D eigenvalue weighted by Gasteiger charge is -2.19. The van der Waals surface area contributed by atoms with Crippen molar-refractivity contribution >= 4 is 6.29 Å². The summed E-state index contributed by atoms with van der Waals surface area (Å²) in [6.07, 6.45) is 2.36. The Balaban J connectivity index is 2.11. The molecule has 1 aliphatic heterocycles. The van der Waals surface area contributed by atoms with E-state index >= 15 is 0 Å². The predicted molar refractivity (Wildman–Crippen MR) is 65.0 cm³/mol. The fraction of sp³-hybridized carbons (Fsp3) is 0.231. The number of aryl methyl sites for hydroxylation is 1. The Morgan fingerprint density at radius 1 is 1.28 bits per heavy atom. The first-order valence-corrected chi connectivity index (χ1v) is 5.67. The molecule has 1 aromatic carbocycles. The van der Waals surface area contributed by atoms with Gasteiger partial charge >= 0.3 is 0 Å². The molecule has 0 aliphatic carbocycles. The Bertz CT molecular complexity index is 604. The normalized spacial score (nSPS) is 13.4. The number of aldehydes is 1. The van der Waals surface area contributed by atoms with Crippen molar-refractivity contribution in [1.29, 1.82) is 0 Å². The molecule has 2 heterocycles. The van der Waals surface area contributed by atoms with Gasteiger partial charge in [-0.05, 0) is 18.2 Å². The molecule has 5 nitrogen and oxygen atoms in total. The van der Waals surface area contributed by atoms with Crippen LogP contribution >= 0.6 is 0 Å². The standard InChI is InChI=1S/C13H12N2O3/c1-15-13(10(8-16)7-14-15)9-2-3-11-12(6-9)18-5-4-17-11/h2-3,6-8H,4-5H2,1H3.